The van der Waals surface area contributed by atoms with Crippen LogP contribution in [0.1, 0.15) is 26.7 Å². The summed E-state index contributed by atoms with van der Waals surface area (Å²) in [6.07, 6.45) is 2.51. The van der Waals surface area contributed by atoms with Gasteiger partial charge < -0.3 is 19.3 Å². The molecular weight excluding hydrogens is 344 g/mol. The maximum Gasteiger partial charge on any atom is 0.119 e. The molecule has 0 bridgehead atoms. The van der Waals surface area contributed by atoms with Crippen molar-refractivity contribution < 1.29 is 19.3 Å². The van der Waals surface area contributed by atoms with Crippen LogP contribution < -0.4 is 9.47 Å². The SMILES string of the molecule is COc1ccc(OCC(O)CN2CCCC2CN2CC(C)OC(C)C2)cc1. The van der Waals surface area contributed by atoms with Gasteiger partial charge in [-0.3, -0.25) is 9.80 Å². The molecule has 3 rings (SSSR count). The first-order valence-electron chi connectivity index (χ1n) is 10.1. The summed E-state index contributed by atoms with van der Waals surface area (Å²) < 4.78 is 16.7. The van der Waals surface area contributed by atoms with Gasteiger partial charge in [-0.1, -0.05) is 0 Å². The average Bonchev–Trinajstić information content (AvgIpc) is 3.06. The van der Waals surface area contributed by atoms with Crippen LogP contribution in [0, 0.1) is 0 Å². The zero-order valence-electron chi connectivity index (χ0n) is 16.8. The quantitative estimate of drug-likeness (QED) is 0.747. The molecule has 4 atom stereocenters. The molecule has 2 heterocycles. The second kappa shape index (κ2) is 9.73. The van der Waals surface area contributed by atoms with Gasteiger partial charge in [-0.2, -0.15) is 0 Å². The fourth-order valence-electron chi connectivity index (χ4n) is 4.26. The summed E-state index contributed by atoms with van der Waals surface area (Å²) in [5.74, 6) is 1.55. The van der Waals surface area contributed by atoms with Crippen LogP contribution in [0.5, 0.6) is 11.5 Å². The number of nitrogens with zero attached hydrogens (tertiary/aromatic N) is 2. The minimum Gasteiger partial charge on any atom is -0.497 e. The van der Waals surface area contributed by atoms with Crippen molar-refractivity contribution in [3.8, 4) is 11.5 Å². The first kappa shape index (κ1) is 20.4. The van der Waals surface area contributed by atoms with Crippen LogP contribution in [0.2, 0.25) is 0 Å². The third-order valence-electron chi connectivity index (χ3n) is 5.41. The summed E-state index contributed by atoms with van der Waals surface area (Å²) in [7, 11) is 1.64. The number of likely N-dealkylation sites (tertiary alicyclic amines) is 1. The molecule has 152 valence electrons. The van der Waals surface area contributed by atoms with E-state index in [-0.39, 0.29) is 0 Å². The predicted molar refractivity (Wildman–Crippen MR) is 106 cm³/mol. The average molecular weight is 379 g/mol. The number of hydrogen-bond donors (Lipinski definition) is 1. The van der Waals surface area contributed by atoms with E-state index in [9.17, 15) is 5.11 Å². The molecule has 2 saturated heterocycles. The van der Waals surface area contributed by atoms with E-state index in [0.29, 0.717) is 31.4 Å². The fourth-order valence-corrected chi connectivity index (χ4v) is 4.26. The van der Waals surface area contributed by atoms with Crippen molar-refractivity contribution in [3.05, 3.63) is 24.3 Å². The zero-order valence-corrected chi connectivity index (χ0v) is 16.8. The molecule has 0 amide bonds. The predicted octanol–water partition coefficient (Wildman–Crippen LogP) is 2.01. The smallest absolute Gasteiger partial charge is 0.119 e. The summed E-state index contributed by atoms with van der Waals surface area (Å²) in [5, 5.41) is 10.5. The summed E-state index contributed by atoms with van der Waals surface area (Å²) in [6.45, 7) is 9.38. The molecule has 2 aliphatic heterocycles. The minimum absolute atomic E-state index is 0.298. The number of rotatable bonds is 8. The van der Waals surface area contributed by atoms with Crippen LogP contribution in [-0.4, -0.2) is 85.7 Å². The lowest BCUT2D eigenvalue weighted by atomic mass is 10.1. The lowest BCUT2D eigenvalue weighted by Gasteiger charge is -2.38. The van der Waals surface area contributed by atoms with E-state index >= 15 is 0 Å². The second-order valence-corrected chi connectivity index (χ2v) is 7.91. The molecule has 1 aromatic carbocycles. The molecule has 1 aromatic rings. The van der Waals surface area contributed by atoms with E-state index in [4.69, 9.17) is 14.2 Å². The molecule has 4 unspecified atom stereocenters. The Kier molecular flexibility index (Phi) is 7.35. The molecular formula is C21H34N2O4. The van der Waals surface area contributed by atoms with E-state index in [0.717, 1.165) is 37.7 Å². The van der Waals surface area contributed by atoms with E-state index in [1.54, 1.807) is 7.11 Å². The molecule has 0 spiro atoms. The molecule has 0 aromatic heterocycles. The van der Waals surface area contributed by atoms with Crippen molar-refractivity contribution in [1.29, 1.82) is 0 Å². The largest absolute Gasteiger partial charge is 0.497 e. The number of aliphatic hydroxyl groups is 1. The first-order chi connectivity index (χ1) is 13.0. The molecule has 1 N–H and O–H groups in total. The number of β-amino-alcohol motifs (C(OH)–C–C–N with tert-alkyl or cyclic N) is 1. The number of ether oxygens (including phenoxy) is 3. The van der Waals surface area contributed by atoms with Crippen LogP contribution >= 0.6 is 0 Å². The molecule has 2 aliphatic rings. The Morgan fingerprint density at radius 2 is 1.81 bits per heavy atom. The summed E-state index contributed by atoms with van der Waals surface area (Å²) in [4.78, 5) is 4.94. The molecule has 0 saturated carbocycles. The normalized spacial score (nSPS) is 28.2. The number of hydrogen-bond acceptors (Lipinski definition) is 6. The highest BCUT2D eigenvalue weighted by atomic mass is 16.5. The van der Waals surface area contributed by atoms with Gasteiger partial charge in [0.15, 0.2) is 0 Å². The third kappa shape index (κ3) is 6.07. The van der Waals surface area contributed by atoms with Gasteiger partial charge in [0.05, 0.1) is 19.3 Å². The highest BCUT2D eigenvalue weighted by Crippen LogP contribution is 2.21. The molecule has 27 heavy (non-hydrogen) atoms. The Morgan fingerprint density at radius 1 is 1.15 bits per heavy atom. The fraction of sp³-hybridized carbons (Fsp3) is 0.714. The van der Waals surface area contributed by atoms with Gasteiger partial charge in [-0.15, -0.1) is 0 Å². The Balaban J connectivity index is 1.44. The maximum atomic E-state index is 10.5. The second-order valence-electron chi connectivity index (χ2n) is 7.91. The molecule has 6 nitrogen and oxygen atoms in total. The Morgan fingerprint density at radius 3 is 2.48 bits per heavy atom. The highest BCUT2D eigenvalue weighted by Gasteiger charge is 2.30. The van der Waals surface area contributed by atoms with E-state index in [1.165, 1.54) is 12.8 Å². The van der Waals surface area contributed by atoms with E-state index < -0.39 is 6.10 Å². The summed E-state index contributed by atoms with van der Waals surface area (Å²) in [5.41, 5.74) is 0. The lowest BCUT2D eigenvalue weighted by Crippen LogP contribution is -2.51. The molecule has 2 fully saturated rings. The zero-order chi connectivity index (χ0) is 19.2. The van der Waals surface area contributed by atoms with Crippen molar-refractivity contribution in [1.82, 2.24) is 9.80 Å². The van der Waals surface area contributed by atoms with Crippen LogP contribution in [0.15, 0.2) is 24.3 Å². The molecule has 0 radical (unpaired) electrons. The van der Waals surface area contributed by atoms with E-state index in [1.807, 2.05) is 24.3 Å². The van der Waals surface area contributed by atoms with Gasteiger partial charge in [0.2, 0.25) is 0 Å². The minimum atomic E-state index is -0.491. The van der Waals surface area contributed by atoms with Crippen molar-refractivity contribution >= 4 is 0 Å². The molecule has 6 heteroatoms. The number of methoxy groups -OCH3 is 1. The van der Waals surface area contributed by atoms with Crippen LogP contribution in [0.4, 0.5) is 0 Å². The van der Waals surface area contributed by atoms with Crippen molar-refractivity contribution in [2.45, 2.75) is 51.0 Å². The third-order valence-corrected chi connectivity index (χ3v) is 5.41. The summed E-state index contributed by atoms with van der Waals surface area (Å²) >= 11 is 0. The van der Waals surface area contributed by atoms with Gasteiger partial charge in [0.25, 0.3) is 0 Å². The number of morpholine rings is 1. The van der Waals surface area contributed by atoms with E-state index in [2.05, 4.69) is 23.6 Å². The van der Waals surface area contributed by atoms with Crippen LogP contribution in [0.3, 0.4) is 0 Å². The monoisotopic (exact) mass is 378 g/mol. The van der Waals surface area contributed by atoms with Gasteiger partial charge >= 0.3 is 0 Å². The lowest BCUT2D eigenvalue weighted by molar-refractivity contribution is -0.0731. The first-order valence-corrected chi connectivity index (χ1v) is 10.1. The van der Waals surface area contributed by atoms with Crippen molar-refractivity contribution in [2.24, 2.45) is 0 Å². The highest BCUT2D eigenvalue weighted by molar-refractivity contribution is 5.31. The Bertz CT molecular complexity index is 558. The molecule has 0 aliphatic carbocycles. The Hall–Kier alpha value is -1.34. The standard InChI is InChI=1S/C21H34N2O4/c1-16-11-22(12-17(2)27-16)13-18-5-4-10-23(18)14-19(24)15-26-21-8-6-20(25-3)7-9-21/h6-9,16-19,24H,4-5,10-15H2,1-3H3. The van der Waals surface area contributed by atoms with Crippen molar-refractivity contribution in [3.63, 3.8) is 0 Å². The van der Waals surface area contributed by atoms with Gasteiger partial charge in [0.1, 0.15) is 24.2 Å². The number of aliphatic hydroxyl groups excluding tert-OH is 1. The van der Waals surface area contributed by atoms with Crippen LogP contribution in [-0.2, 0) is 4.74 Å². The van der Waals surface area contributed by atoms with Crippen LogP contribution in [0.25, 0.3) is 0 Å². The topological polar surface area (TPSA) is 54.4 Å². The van der Waals surface area contributed by atoms with Crippen molar-refractivity contribution in [2.75, 3.05) is 46.4 Å². The van der Waals surface area contributed by atoms with Gasteiger partial charge in [0, 0.05) is 32.2 Å². The van der Waals surface area contributed by atoms with Gasteiger partial charge in [-0.05, 0) is 57.5 Å². The van der Waals surface area contributed by atoms with Gasteiger partial charge in [-0.25, -0.2) is 0 Å². The number of benzene rings is 1. The Labute approximate surface area is 163 Å². The maximum absolute atomic E-state index is 10.5. The summed E-state index contributed by atoms with van der Waals surface area (Å²) in [6, 6.07) is 7.97.